The van der Waals surface area contributed by atoms with E-state index in [9.17, 15) is 24.4 Å². The van der Waals surface area contributed by atoms with Gasteiger partial charge in [-0.1, -0.05) is 39.5 Å². The molecular formula is C28H48N7O10P. The van der Waals surface area contributed by atoms with Gasteiger partial charge in [0.05, 0.1) is 33.3 Å². The van der Waals surface area contributed by atoms with Crippen LogP contribution in [0.25, 0.3) is 11.2 Å². The summed E-state index contributed by atoms with van der Waals surface area (Å²) in [5, 5.41) is 27.6. The molecule has 0 aliphatic carbocycles. The maximum atomic E-state index is 14.1. The number of ether oxygens (including phenoxy) is 4. The van der Waals surface area contributed by atoms with Crippen molar-refractivity contribution >= 4 is 36.7 Å². The third-order valence-electron chi connectivity index (χ3n) is 7.45. The van der Waals surface area contributed by atoms with Gasteiger partial charge in [0.15, 0.2) is 17.4 Å². The van der Waals surface area contributed by atoms with Gasteiger partial charge in [-0.25, -0.2) is 15.2 Å². The summed E-state index contributed by atoms with van der Waals surface area (Å²) in [4.78, 5) is 37.7. The Bertz CT molecular complexity index is 1320. The molecule has 0 aromatic carbocycles. The minimum atomic E-state index is -4.23. The number of aliphatic hydroxyl groups excluding tert-OH is 1. The van der Waals surface area contributed by atoms with Crippen LogP contribution in [0, 0.1) is 0 Å². The van der Waals surface area contributed by atoms with Gasteiger partial charge in [0.1, 0.15) is 29.9 Å². The molecule has 3 rings (SSSR count). The second-order valence-electron chi connectivity index (χ2n) is 11.4. The van der Waals surface area contributed by atoms with Gasteiger partial charge in [0, 0.05) is 0 Å². The third kappa shape index (κ3) is 9.33. The average molecular weight is 674 g/mol. The molecule has 18 heteroatoms. The van der Waals surface area contributed by atoms with Crippen molar-refractivity contribution in [1.82, 2.24) is 29.7 Å². The van der Waals surface area contributed by atoms with Gasteiger partial charge in [-0.2, -0.15) is 9.97 Å². The van der Waals surface area contributed by atoms with Crippen molar-refractivity contribution < 1.29 is 47.8 Å². The molecule has 17 nitrogen and oxygen atoms in total. The quantitative estimate of drug-likeness (QED) is 0.0815. The van der Waals surface area contributed by atoms with Crippen LogP contribution in [-0.4, -0.2) is 98.5 Å². The Hall–Kier alpha value is -2.92. The van der Waals surface area contributed by atoms with E-state index < -0.39 is 62.3 Å². The van der Waals surface area contributed by atoms with E-state index in [1.807, 2.05) is 13.8 Å². The van der Waals surface area contributed by atoms with E-state index >= 15 is 0 Å². The molecule has 0 bridgehead atoms. The molecule has 0 spiro atoms. The summed E-state index contributed by atoms with van der Waals surface area (Å²) >= 11 is 0. The van der Waals surface area contributed by atoms with Crippen molar-refractivity contribution in [1.29, 1.82) is 0 Å². The van der Waals surface area contributed by atoms with Gasteiger partial charge in [-0.05, 0) is 33.6 Å². The fourth-order valence-electron chi connectivity index (χ4n) is 4.80. The molecule has 0 unspecified atom stereocenters. The molecule has 0 radical (unpaired) electrons. The van der Waals surface area contributed by atoms with E-state index in [-0.39, 0.29) is 36.2 Å². The lowest BCUT2D eigenvalue weighted by Crippen LogP contribution is -2.45. The number of hydrogen-bond donors (Lipinski definition) is 5. The number of aromatic nitrogens is 4. The lowest BCUT2D eigenvalue weighted by atomic mass is 9.96. The minimum absolute atomic E-state index is 0.105. The highest BCUT2D eigenvalue weighted by Crippen LogP contribution is 2.44. The molecule has 2 aromatic rings. The molecule has 1 saturated heterocycles. The molecule has 46 heavy (non-hydrogen) atoms. The van der Waals surface area contributed by atoms with Crippen molar-refractivity contribution in [3.63, 3.8) is 0 Å². The summed E-state index contributed by atoms with van der Waals surface area (Å²) in [5.41, 5.74) is 4.33. The molecule has 2 aromatic heterocycles. The van der Waals surface area contributed by atoms with Crippen LogP contribution in [0.4, 0.5) is 5.95 Å². The largest absolute Gasteiger partial charge is 0.479 e. The minimum Gasteiger partial charge on any atom is -0.479 e. The van der Waals surface area contributed by atoms with Gasteiger partial charge in [-0.3, -0.25) is 18.7 Å². The standard InChI is InChI=1S/C28H48N7O10P/c1-7-9-11-13-42-24(37)17(3)33-46(40,34-18(4)25(38)43-14-12-10-8-2)44-15-19-21(36)28(5,39)26(45-19)35-16-30-20-22(35)31-27(29)32-23(20)41-6/h16-19,21,26,36,39H,7-15H2,1-6H3,(H2,29,31,32)(H2,33,34,40)/t17-,18-,19+,21+,26+,28+/m0/s1. The number of carbonyl (C=O) groups is 2. The monoisotopic (exact) mass is 673 g/mol. The predicted octanol–water partition coefficient (Wildman–Crippen LogP) is 1.97. The molecular weight excluding hydrogens is 625 g/mol. The highest BCUT2D eigenvalue weighted by Gasteiger charge is 2.54. The Labute approximate surface area is 268 Å². The van der Waals surface area contributed by atoms with Crippen LogP contribution in [0.15, 0.2) is 6.33 Å². The molecule has 0 amide bonds. The number of hydrogen-bond acceptors (Lipinski definition) is 14. The number of methoxy groups -OCH3 is 1. The zero-order valence-corrected chi connectivity index (χ0v) is 28.2. The van der Waals surface area contributed by atoms with Gasteiger partial charge < -0.3 is 39.4 Å². The fraction of sp³-hybridized carbons (Fsp3) is 0.750. The topological polar surface area (TPSA) is 232 Å². The molecule has 1 aliphatic rings. The summed E-state index contributed by atoms with van der Waals surface area (Å²) in [7, 11) is -2.84. The predicted molar refractivity (Wildman–Crippen MR) is 167 cm³/mol. The van der Waals surface area contributed by atoms with Crippen LogP contribution in [0.2, 0.25) is 0 Å². The average Bonchev–Trinajstić information content (AvgIpc) is 3.52. The van der Waals surface area contributed by atoms with Crippen LogP contribution in [0.1, 0.15) is 79.4 Å². The summed E-state index contributed by atoms with van der Waals surface area (Å²) in [6.45, 7) is 8.14. The summed E-state index contributed by atoms with van der Waals surface area (Å²) in [6, 6.07) is -2.20. The molecule has 0 saturated carbocycles. The maximum absolute atomic E-state index is 14.1. The number of unbranched alkanes of at least 4 members (excludes halogenated alkanes) is 4. The van der Waals surface area contributed by atoms with Crippen LogP contribution in [-0.2, 0) is 32.9 Å². The first kappa shape index (κ1) is 37.5. The first-order valence-corrected chi connectivity index (χ1v) is 17.1. The fourth-order valence-corrected chi connectivity index (χ4v) is 6.61. The van der Waals surface area contributed by atoms with E-state index in [0.717, 1.165) is 25.7 Å². The van der Waals surface area contributed by atoms with Crippen LogP contribution < -0.4 is 20.6 Å². The number of fused-ring (bicyclic) bond motifs is 1. The van der Waals surface area contributed by atoms with Crippen molar-refractivity contribution in [2.75, 3.05) is 32.7 Å². The maximum Gasteiger partial charge on any atom is 0.342 e. The lowest BCUT2D eigenvalue weighted by molar-refractivity contribution is -0.145. The number of carbonyl (C=O) groups excluding carboxylic acids is 2. The Morgan fingerprint density at radius 1 is 1.09 bits per heavy atom. The Balaban J connectivity index is 1.78. The number of anilines is 1. The normalized spacial score (nSPS) is 22.9. The number of rotatable bonds is 19. The van der Waals surface area contributed by atoms with E-state index in [0.29, 0.717) is 12.8 Å². The number of nitrogen functional groups attached to an aromatic ring is 1. The zero-order chi connectivity index (χ0) is 34.1. The van der Waals surface area contributed by atoms with E-state index in [1.54, 1.807) is 0 Å². The summed E-state index contributed by atoms with van der Waals surface area (Å²) < 4.78 is 43.0. The number of nitrogens with one attached hydrogen (secondary N) is 2. The number of nitrogens with zero attached hydrogens (tertiary/aromatic N) is 4. The number of nitrogens with two attached hydrogens (primary N) is 1. The Morgan fingerprint density at radius 3 is 2.17 bits per heavy atom. The number of esters is 2. The third-order valence-corrected chi connectivity index (χ3v) is 9.41. The number of aliphatic hydroxyl groups is 2. The van der Waals surface area contributed by atoms with Gasteiger partial charge >= 0.3 is 19.6 Å². The van der Waals surface area contributed by atoms with E-state index in [1.165, 1.54) is 38.8 Å². The molecule has 6 atom stereocenters. The van der Waals surface area contributed by atoms with Crippen LogP contribution in [0.3, 0.4) is 0 Å². The SMILES string of the molecule is CCCCCOC(=O)[C@H](C)NP(=O)(N[C@@H](C)C(=O)OCCCCC)OC[C@H]1O[C@@H](n2cnc3c(OC)nc(N)nc32)[C@](C)(O)[C@@H]1O. The van der Waals surface area contributed by atoms with Gasteiger partial charge in [0.2, 0.25) is 11.8 Å². The smallest absolute Gasteiger partial charge is 0.342 e. The second-order valence-corrected chi connectivity index (χ2v) is 13.3. The molecule has 1 fully saturated rings. The first-order chi connectivity index (χ1) is 21.8. The number of imidazole rings is 1. The van der Waals surface area contributed by atoms with E-state index in [2.05, 4.69) is 25.1 Å². The van der Waals surface area contributed by atoms with Crippen molar-refractivity contribution in [3.8, 4) is 5.88 Å². The van der Waals surface area contributed by atoms with Crippen LogP contribution in [0.5, 0.6) is 5.88 Å². The van der Waals surface area contributed by atoms with Gasteiger partial charge in [-0.15, -0.1) is 0 Å². The zero-order valence-electron chi connectivity index (χ0n) is 27.3. The van der Waals surface area contributed by atoms with Gasteiger partial charge in [0.25, 0.3) is 0 Å². The lowest BCUT2D eigenvalue weighted by Gasteiger charge is -2.28. The van der Waals surface area contributed by atoms with E-state index in [4.69, 9.17) is 29.2 Å². The Morgan fingerprint density at radius 2 is 1.65 bits per heavy atom. The summed E-state index contributed by atoms with van der Waals surface area (Å²) in [6.07, 6.45) is 2.31. The van der Waals surface area contributed by atoms with Crippen LogP contribution >= 0.6 is 7.67 Å². The highest BCUT2D eigenvalue weighted by molar-refractivity contribution is 7.54. The van der Waals surface area contributed by atoms with Crippen molar-refractivity contribution in [2.45, 2.75) is 109 Å². The summed E-state index contributed by atoms with van der Waals surface area (Å²) in [5.74, 6) is -1.34. The molecule has 260 valence electrons. The molecule has 1 aliphatic heterocycles. The highest BCUT2D eigenvalue weighted by atomic mass is 31.2. The van der Waals surface area contributed by atoms with Crippen molar-refractivity contribution in [3.05, 3.63) is 6.33 Å². The molecule has 3 heterocycles. The second kappa shape index (κ2) is 16.8. The molecule has 6 N–H and O–H groups in total. The first-order valence-electron chi connectivity index (χ1n) is 15.5. The Kier molecular flexibility index (Phi) is 13.7. The van der Waals surface area contributed by atoms with Crippen molar-refractivity contribution in [2.24, 2.45) is 0 Å².